The van der Waals surface area contributed by atoms with E-state index in [4.69, 9.17) is 0 Å². The topological polar surface area (TPSA) is 51.0 Å². The van der Waals surface area contributed by atoms with Crippen LogP contribution in [0, 0.1) is 0 Å². The van der Waals surface area contributed by atoms with Crippen LogP contribution < -0.4 is 4.90 Å². The standard InChI is InChI=1S/C16H22N4OS2/c1-12(23-15-17-8-10-19(15)2)14(21)20(16-18-9-11-22-16)13-6-4-3-5-7-13/h8-13H,3-7H2,1-2H3. The Morgan fingerprint density at radius 1 is 1.35 bits per heavy atom. The van der Waals surface area contributed by atoms with Gasteiger partial charge in [-0.25, -0.2) is 9.97 Å². The Bertz CT molecular complexity index is 634. The average molecular weight is 351 g/mol. The van der Waals surface area contributed by atoms with Gasteiger partial charge in [0.15, 0.2) is 10.3 Å². The molecule has 0 spiro atoms. The molecule has 1 amide bonds. The molecule has 0 saturated heterocycles. The first-order valence-electron chi connectivity index (χ1n) is 8.03. The number of carbonyl (C=O) groups excluding carboxylic acids is 1. The van der Waals surface area contributed by atoms with E-state index in [1.54, 1.807) is 23.7 Å². The highest BCUT2D eigenvalue weighted by Gasteiger charge is 2.32. The van der Waals surface area contributed by atoms with Gasteiger partial charge in [0.2, 0.25) is 5.91 Å². The van der Waals surface area contributed by atoms with Gasteiger partial charge in [0.05, 0.1) is 5.25 Å². The molecular formula is C16H22N4OS2. The van der Waals surface area contributed by atoms with E-state index in [0.29, 0.717) is 0 Å². The van der Waals surface area contributed by atoms with Crippen molar-refractivity contribution in [2.45, 2.75) is 55.5 Å². The second-order valence-corrected chi connectivity index (χ2v) is 8.08. The summed E-state index contributed by atoms with van der Waals surface area (Å²) in [5.74, 6) is 0.139. The molecule has 1 saturated carbocycles. The van der Waals surface area contributed by atoms with E-state index in [2.05, 4.69) is 9.97 Å². The smallest absolute Gasteiger partial charge is 0.242 e. The van der Waals surface area contributed by atoms with Crippen LogP contribution in [0.15, 0.2) is 29.1 Å². The molecule has 0 N–H and O–H groups in total. The predicted octanol–water partition coefficient (Wildman–Crippen LogP) is 3.72. The predicted molar refractivity (Wildman–Crippen MR) is 95.0 cm³/mol. The van der Waals surface area contributed by atoms with Crippen molar-refractivity contribution in [3.05, 3.63) is 24.0 Å². The molecule has 3 rings (SSSR count). The molecule has 1 aliphatic carbocycles. The zero-order valence-electron chi connectivity index (χ0n) is 13.5. The lowest BCUT2D eigenvalue weighted by Crippen LogP contribution is -2.45. The molecule has 5 nitrogen and oxygen atoms in total. The van der Waals surface area contributed by atoms with Gasteiger partial charge in [-0.05, 0) is 19.8 Å². The number of anilines is 1. The minimum Gasteiger partial charge on any atom is -0.329 e. The van der Waals surface area contributed by atoms with Gasteiger partial charge in [0, 0.05) is 37.1 Å². The van der Waals surface area contributed by atoms with Gasteiger partial charge in [-0.15, -0.1) is 11.3 Å². The summed E-state index contributed by atoms with van der Waals surface area (Å²) < 4.78 is 1.95. The molecule has 0 aliphatic heterocycles. The summed E-state index contributed by atoms with van der Waals surface area (Å²) in [4.78, 5) is 23.8. The Labute approximate surface area is 145 Å². The second kappa shape index (κ2) is 7.49. The van der Waals surface area contributed by atoms with E-state index < -0.39 is 0 Å². The minimum atomic E-state index is -0.179. The van der Waals surface area contributed by atoms with E-state index in [1.165, 1.54) is 31.0 Å². The number of hydrogen-bond donors (Lipinski definition) is 0. The zero-order valence-corrected chi connectivity index (χ0v) is 15.1. The molecule has 124 valence electrons. The lowest BCUT2D eigenvalue weighted by molar-refractivity contribution is -0.118. The number of nitrogens with zero attached hydrogens (tertiary/aromatic N) is 4. The van der Waals surface area contributed by atoms with Crippen molar-refractivity contribution in [2.75, 3.05) is 4.90 Å². The quantitative estimate of drug-likeness (QED) is 0.771. The van der Waals surface area contributed by atoms with E-state index in [-0.39, 0.29) is 17.2 Å². The first kappa shape index (κ1) is 16.5. The molecule has 2 aromatic heterocycles. The van der Waals surface area contributed by atoms with Crippen molar-refractivity contribution in [1.82, 2.24) is 14.5 Å². The number of aromatic nitrogens is 3. The number of hydrogen-bond acceptors (Lipinski definition) is 5. The molecule has 1 fully saturated rings. The lowest BCUT2D eigenvalue weighted by Gasteiger charge is -2.34. The first-order chi connectivity index (χ1) is 11.2. The van der Waals surface area contributed by atoms with Crippen LogP contribution >= 0.6 is 23.1 Å². The number of carbonyl (C=O) groups is 1. The number of imidazole rings is 1. The van der Waals surface area contributed by atoms with Crippen LogP contribution in [-0.2, 0) is 11.8 Å². The summed E-state index contributed by atoms with van der Waals surface area (Å²) in [7, 11) is 1.95. The number of aryl methyl sites for hydroxylation is 1. The molecule has 2 aromatic rings. The fraction of sp³-hybridized carbons (Fsp3) is 0.562. The summed E-state index contributed by atoms with van der Waals surface area (Å²) in [6, 6.07) is 0.284. The Hall–Kier alpha value is -1.34. The molecule has 2 heterocycles. The number of thioether (sulfide) groups is 1. The first-order valence-corrected chi connectivity index (χ1v) is 9.79. The van der Waals surface area contributed by atoms with Crippen LogP contribution in [0.3, 0.4) is 0 Å². The maximum atomic E-state index is 13.1. The Balaban J connectivity index is 1.78. The van der Waals surface area contributed by atoms with Gasteiger partial charge in [-0.3, -0.25) is 9.69 Å². The highest BCUT2D eigenvalue weighted by molar-refractivity contribution is 8.00. The number of thiazole rings is 1. The minimum absolute atomic E-state index is 0.139. The second-order valence-electron chi connectivity index (χ2n) is 5.90. The van der Waals surface area contributed by atoms with Gasteiger partial charge in [-0.2, -0.15) is 0 Å². The van der Waals surface area contributed by atoms with Crippen LogP contribution in [0.4, 0.5) is 5.13 Å². The van der Waals surface area contributed by atoms with Crippen molar-refractivity contribution in [1.29, 1.82) is 0 Å². The summed E-state index contributed by atoms with van der Waals surface area (Å²) in [6.07, 6.45) is 11.3. The molecule has 0 aromatic carbocycles. The summed E-state index contributed by atoms with van der Waals surface area (Å²) in [5.41, 5.74) is 0. The maximum Gasteiger partial charge on any atom is 0.242 e. The van der Waals surface area contributed by atoms with Crippen molar-refractivity contribution >= 4 is 34.1 Å². The maximum absolute atomic E-state index is 13.1. The lowest BCUT2D eigenvalue weighted by atomic mass is 9.94. The van der Waals surface area contributed by atoms with Crippen LogP contribution in [0.5, 0.6) is 0 Å². The van der Waals surface area contributed by atoms with Crippen LogP contribution in [0.1, 0.15) is 39.0 Å². The zero-order chi connectivity index (χ0) is 16.2. The monoisotopic (exact) mass is 350 g/mol. The highest BCUT2D eigenvalue weighted by Crippen LogP contribution is 2.32. The number of amides is 1. The van der Waals surface area contributed by atoms with Gasteiger partial charge in [0.1, 0.15) is 0 Å². The largest absolute Gasteiger partial charge is 0.329 e. The summed E-state index contributed by atoms with van der Waals surface area (Å²) in [6.45, 7) is 1.96. The van der Waals surface area contributed by atoms with Gasteiger partial charge in [-0.1, -0.05) is 31.0 Å². The molecular weight excluding hydrogens is 328 g/mol. The van der Waals surface area contributed by atoms with Crippen molar-refractivity contribution < 1.29 is 4.79 Å². The fourth-order valence-corrected chi connectivity index (χ4v) is 4.57. The third-order valence-corrected chi connectivity index (χ3v) is 6.14. The van der Waals surface area contributed by atoms with E-state index in [0.717, 1.165) is 23.1 Å². The molecule has 23 heavy (non-hydrogen) atoms. The fourth-order valence-electron chi connectivity index (χ4n) is 2.97. The highest BCUT2D eigenvalue weighted by atomic mass is 32.2. The van der Waals surface area contributed by atoms with Gasteiger partial charge >= 0.3 is 0 Å². The van der Waals surface area contributed by atoms with Crippen molar-refractivity contribution in [3.8, 4) is 0 Å². The summed E-state index contributed by atoms with van der Waals surface area (Å²) in [5, 5.41) is 3.46. The van der Waals surface area contributed by atoms with Crippen LogP contribution in [-0.4, -0.2) is 31.7 Å². The molecule has 0 bridgehead atoms. The van der Waals surface area contributed by atoms with Crippen molar-refractivity contribution in [3.63, 3.8) is 0 Å². The summed E-state index contributed by atoms with van der Waals surface area (Å²) >= 11 is 3.06. The Kier molecular flexibility index (Phi) is 5.38. The van der Waals surface area contributed by atoms with Gasteiger partial charge in [0.25, 0.3) is 0 Å². The average Bonchev–Trinajstić information content (AvgIpc) is 3.21. The molecule has 1 aliphatic rings. The third-order valence-electron chi connectivity index (χ3n) is 4.21. The van der Waals surface area contributed by atoms with Crippen molar-refractivity contribution in [2.24, 2.45) is 7.05 Å². The van der Waals surface area contributed by atoms with Crippen LogP contribution in [0.25, 0.3) is 0 Å². The molecule has 7 heteroatoms. The van der Waals surface area contributed by atoms with E-state index >= 15 is 0 Å². The molecule has 1 atom stereocenters. The molecule has 1 unspecified atom stereocenters. The van der Waals surface area contributed by atoms with E-state index in [9.17, 15) is 4.79 Å². The van der Waals surface area contributed by atoms with Gasteiger partial charge < -0.3 is 4.57 Å². The Morgan fingerprint density at radius 2 is 2.13 bits per heavy atom. The van der Waals surface area contributed by atoms with Crippen LogP contribution in [0.2, 0.25) is 0 Å². The van der Waals surface area contributed by atoms with E-state index in [1.807, 2.05) is 35.0 Å². The normalized spacial score (nSPS) is 17.1. The third kappa shape index (κ3) is 3.77. The Morgan fingerprint density at radius 3 is 2.74 bits per heavy atom. The molecule has 0 radical (unpaired) electrons. The SMILES string of the molecule is CC(Sc1nccn1C)C(=O)N(c1nccs1)C1CCCCC1. The number of rotatable bonds is 5.